The van der Waals surface area contributed by atoms with E-state index in [4.69, 9.17) is 5.73 Å². The number of hydrogen-bond acceptors (Lipinski definition) is 2. The molecule has 0 spiro atoms. The summed E-state index contributed by atoms with van der Waals surface area (Å²) in [5.41, 5.74) is 6.57. The van der Waals surface area contributed by atoms with Crippen LogP contribution in [0, 0.1) is 0 Å². The van der Waals surface area contributed by atoms with Crippen LogP contribution in [0.15, 0.2) is 0 Å². The van der Waals surface area contributed by atoms with Crippen molar-refractivity contribution < 1.29 is 0 Å². The van der Waals surface area contributed by atoms with Crippen molar-refractivity contribution in [3.8, 4) is 0 Å². The number of hydrogen-bond donors (Lipinski definition) is 2. The standard InChI is InChI=1S/C24H50N2/c1-3-5-7-10-14-18-23(19-15-11-8-6-4-2)26-24(22-25)20-16-12-9-13-17-21-24/h23,26H,3-22,25H2,1-2H3. The van der Waals surface area contributed by atoms with Crippen molar-refractivity contribution in [2.75, 3.05) is 6.54 Å². The van der Waals surface area contributed by atoms with Gasteiger partial charge in [-0.25, -0.2) is 0 Å². The van der Waals surface area contributed by atoms with Crippen molar-refractivity contribution in [1.29, 1.82) is 0 Å². The lowest BCUT2D eigenvalue weighted by atomic mass is 9.82. The minimum atomic E-state index is 0.234. The second kappa shape index (κ2) is 15.9. The number of unbranched alkanes of at least 4 members (excludes halogenated alkanes) is 8. The largest absolute Gasteiger partial charge is 0.329 e. The molecule has 1 saturated carbocycles. The van der Waals surface area contributed by atoms with Gasteiger partial charge < -0.3 is 11.1 Å². The smallest absolute Gasteiger partial charge is 0.0306 e. The first kappa shape index (κ1) is 24.0. The van der Waals surface area contributed by atoms with Gasteiger partial charge in [-0.15, -0.1) is 0 Å². The van der Waals surface area contributed by atoms with Crippen LogP contribution in [0.25, 0.3) is 0 Å². The summed E-state index contributed by atoms with van der Waals surface area (Å²) in [6.07, 6.45) is 26.2. The summed E-state index contributed by atoms with van der Waals surface area (Å²) in [4.78, 5) is 0. The Balaban J connectivity index is 2.49. The van der Waals surface area contributed by atoms with Crippen molar-refractivity contribution >= 4 is 0 Å². The maximum absolute atomic E-state index is 6.33. The van der Waals surface area contributed by atoms with Crippen molar-refractivity contribution in [2.45, 2.75) is 147 Å². The molecule has 0 heterocycles. The molecular weight excluding hydrogens is 316 g/mol. The molecule has 2 nitrogen and oxygen atoms in total. The van der Waals surface area contributed by atoms with Crippen molar-refractivity contribution in [2.24, 2.45) is 5.73 Å². The summed E-state index contributed by atoms with van der Waals surface area (Å²) in [6, 6.07) is 0.696. The summed E-state index contributed by atoms with van der Waals surface area (Å²) in [7, 11) is 0. The summed E-state index contributed by atoms with van der Waals surface area (Å²) < 4.78 is 0. The fourth-order valence-corrected chi connectivity index (χ4v) is 4.70. The molecule has 1 fully saturated rings. The van der Waals surface area contributed by atoms with Crippen LogP contribution >= 0.6 is 0 Å². The van der Waals surface area contributed by atoms with E-state index in [2.05, 4.69) is 19.2 Å². The van der Waals surface area contributed by atoms with Crippen LogP contribution in [0.3, 0.4) is 0 Å². The van der Waals surface area contributed by atoms with Gasteiger partial charge in [0, 0.05) is 18.1 Å². The lowest BCUT2D eigenvalue weighted by molar-refractivity contribution is 0.215. The normalized spacial score (nSPS) is 18.0. The molecule has 1 aliphatic rings. The second-order valence-electron chi connectivity index (χ2n) is 9.00. The van der Waals surface area contributed by atoms with E-state index in [1.165, 1.54) is 122 Å². The Hall–Kier alpha value is -0.0800. The predicted octanol–water partition coefficient (Wildman–Crippen LogP) is 7.11. The van der Waals surface area contributed by atoms with E-state index >= 15 is 0 Å². The highest BCUT2D eigenvalue weighted by Gasteiger charge is 2.30. The Morgan fingerprint density at radius 3 is 1.62 bits per heavy atom. The maximum atomic E-state index is 6.33. The van der Waals surface area contributed by atoms with Crippen LogP contribution in [0.1, 0.15) is 136 Å². The third kappa shape index (κ3) is 10.9. The van der Waals surface area contributed by atoms with E-state index < -0.39 is 0 Å². The average molecular weight is 367 g/mol. The van der Waals surface area contributed by atoms with Crippen LogP contribution in [0.5, 0.6) is 0 Å². The molecule has 0 aromatic carbocycles. The molecule has 1 aliphatic carbocycles. The lowest BCUT2D eigenvalue weighted by Gasteiger charge is -2.39. The van der Waals surface area contributed by atoms with Gasteiger partial charge in [-0.05, 0) is 25.7 Å². The monoisotopic (exact) mass is 366 g/mol. The summed E-state index contributed by atoms with van der Waals surface area (Å²) in [5, 5.41) is 4.14. The fourth-order valence-electron chi connectivity index (χ4n) is 4.70. The van der Waals surface area contributed by atoms with Gasteiger partial charge in [-0.2, -0.15) is 0 Å². The minimum absolute atomic E-state index is 0.234. The summed E-state index contributed by atoms with van der Waals surface area (Å²) in [6.45, 7) is 5.44. The Bertz CT molecular complexity index is 281. The van der Waals surface area contributed by atoms with E-state index in [0.29, 0.717) is 6.04 Å². The molecule has 0 aromatic rings. The fraction of sp³-hybridized carbons (Fsp3) is 1.00. The van der Waals surface area contributed by atoms with E-state index in [0.717, 1.165) is 6.54 Å². The van der Waals surface area contributed by atoms with Crippen molar-refractivity contribution in [3.05, 3.63) is 0 Å². The number of nitrogens with one attached hydrogen (secondary N) is 1. The highest BCUT2D eigenvalue weighted by Crippen LogP contribution is 2.27. The quantitative estimate of drug-likeness (QED) is 0.303. The molecule has 2 heteroatoms. The topological polar surface area (TPSA) is 38.0 Å². The zero-order valence-corrected chi connectivity index (χ0v) is 18.3. The Morgan fingerprint density at radius 2 is 1.15 bits per heavy atom. The molecule has 156 valence electrons. The summed E-state index contributed by atoms with van der Waals surface area (Å²) in [5.74, 6) is 0. The maximum Gasteiger partial charge on any atom is 0.0306 e. The highest BCUT2D eigenvalue weighted by atomic mass is 15.0. The van der Waals surface area contributed by atoms with E-state index in [1.807, 2.05) is 0 Å². The van der Waals surface area contributed by atoms with Gasteiger partial charge in [-0.3, -0.25) is 0 Å². The Morgan fingerprint density at radius 1 is 0.692 bits per heavy atom. The molecule has 3 N–H and O–H groups in total. The van der Waals surface area contributed by atoms with Gasteiger partial charge in [-0.1, -0.05) is 110 Å². The van der Waals surface area contributed by atoms with Gasteiger partial charge >= 0.3 is 0 Å². The molecular formula is C24H50N2. The molecule has 26 heavy (non-hydrogen) atoms. The van der Waals surface area contributed by atoms with Gasteiger partial charge in [0.15, 0.2) is 0 Å². The van der Waals surface area contributed by atoms with E-state index in [-0.39, 0.29) is 5.54 Å². The molecule has 0 unspecified atom stereocenters. The van der Waals surface area contributed by atoms with Crippen LogP contribution in [-0.2, 0) is 0 Å². The SMILES string of the molecule is CCCCCCCC(CCCCCCC)NC1(CN)CCCCCCC1. The van der Waals surface area contributed by atoms with Gasteiger partial charge in [0.1, 0.15) is 0 Å². The zero-order chi connectivity index (χ0) is 18.9. The van der Waals surface area contributed by atoms with E-state index in [1.54, 1.807) is 0 Å². The first-order valence-electron chi connectivity index (χ1n) is 12.2. The van der Waals surface area contributed by atoms with Crippen molar-refractivity contribution in [1.82, 2.24) is 5.32 Å². The average Bonchev–Trinajstić information content (AvgIpc) is 2.63. The van der Waals surface area contributed by atoms with Crippen LogP contribution < -0.4 is 11.1 Å². The molecule has 1 rings (SSSR count). The Labute approximate surface area is 165 Å². The van der Waals surface area contributed by atoms with Gasteiger partial charge in [0.05, 0.1) is 0 Å². The zero-order valence-electron chi connectivity index (χ0n) is 18.3. The summed E-state index contributed by atoms with van der Waals surface area (Å²) >= 11 is 0. The van der Waals surface area contributed by atoms with E-state index in [9.17, 15) is 0 Å². The van der Waals surface area contributed by atoms with Gasteiger partial charge in [0.2, 0.25) is 0 Å². The molecule has 0 radical (unpaired) electrons. The molecule has 0 aromatic heterocycles. The van der Waals surface area contributed by atoms with Gasteiger partial charge in [0.25, 0.3) is 0 Å². The molecule has 0 saturated heterocycles. The third-order valence-electron chi connectivity index (χ3n) is 6.52. The van der Waals surface area contributed by atoms with Crippen LogP contribution in [0.2, 0.25) is 0 Å². The molecule has 0 atom stereocenters. The van der Waals surface area contributed by atoms with Crippen LogP contribution in [-0.4, -0.2) is 18.1 Å². The predicted molar refractivity (Wildman–Crippen MR) is 118 cm³/mol. The molecule has 0 amide bonds. The molecule has 0 bridgehead atoms. The third-order valence-corrected chi connectivity index (χ3v) is 6.52. The lowest BCUT2D eigenvalue weighted by Crippen LogP contribution is -2.55. The minimum Gasteiger partial charge on any atom is -0.329 e. The first-order valence-corrected chi connectivity index (χ1v) is 12.2. The number of nitrogens with two attached hydrogens (primary N) is 1. The van der Waals surface area contributed by atoms with Crippen LogP contribution in [0.4, 0.5) is 0 Å². The molecule has 0 aliphatic heterocycles. The number of rotatable bonds is 15. The van der Waals surface area contributed by atoms with Crippen molar-refractivity contribution in [3.63, 3.8) is 0 Å². The highest BCUT2D eigenvalue weighted by molar-refractivity contribution is 4.92. The second-order valence-corrected chi connectivity index (χ2v) is 9.00. The first-order chi connectivity index (χ1) is 12.8. The Kier molecular flexibility index (Phi) is 14.7.